The van der Waals surface area contributed by atoms with Gasteiger partial charge in [-0.25, -0.2) is 9.37 Å². The van der Waals surface area contributed by atoms with Crippen molar-refractivity contribution in [3.8, 4) is 0 Å². The maximum absolute atomic E-state index is 13.1. The van der Waals surface area contributed by atoms with Crippen molar-refractivity contribution in [2.24, 2.45) is 0 Å². The number of pyridine rings is 1. The zero-order valence-electron chi connectivity index (χ0n) is 14.8. The van der Waals surface area contributed by atoms with Gasteiger partial charge in [0.2, 0.25) is 5.89 Å². The monoisotopic (exact) mass is 365 g/mol. The predicted molar refractivity (Wildman–Crippen MR) is 97.6 cm³/mol. The van der Waals surface area contributed by atoms with Crippen LogP contribution in [-0.2, 0) is 6.42 Å². The second-order valence-corrected chi connectivity index (χ2v) is 6.69. The summed E-state index contributed by atoms with van der Waals surface area (Å²) in [4.78, 5) is 23.3. The predicted octanol–water partition coefficient (Wildman–Crippen LogP) is 4.17. The lowest BCUT2D eigenvalue weighted by molar-refractivity contribution is 0.0564. The summed E-state index contributed by atoms with van der Waals surface area (Å²) in [5, 5.41) is 0. The molecular weight excluding hydrogens is 345 g/mol. The summed E-state index contributed by atoms with van der Waals surface area (Å²) in [6.45, 7) is 0.662. The molecule has 1 saturated heterocycles. The molecule has 0 aliphatic carbocycles. The first-order valence-corrected chi connectivity index (χ1v) is 9.12. The third-order valence-electron chi connectivity index (χ3n) is 4.80. The highest BCUT2D eigenvalue weighted by Gasteiger charge is 2.32. The Morgan fingerprint density at radius 2 is 2.00 bits per heavy atom. The number of piperidine rings is 1. The molecule has 0 unspecified atom stereocenters. The minimum atomic E-state index is -0.261. The molecule has 138 valence electrons. The third kappa shape index (κ3) is 3.89. The fraction of sp³-hybridized carbons (Fsp3) is 0.286. The van der Waals surface area contributed by atoms with Gasteiger partial charge in [0, 0.05) is 19.2 Å². The minimum absolute atomic E-state index is 0.0985. The normalized spacial score (nSPS) is 17.1. The number of carbonyl (C=O) groups excluding carboxylic acids is 1. The van der Waals surface area contributed by atoms with E-state index in [-0.39, 0.29) is 17.8 Å². The van der Waals surface area contributed by atoms with Gasteiger partial charge in [-0.2, -0.15) is 0 Å². The minimum Gasteiger partial charge on any atom is -0.443 e. The fourth-order valence-corrected chi connectivity index (χ4v) is 3.43. The Kier molecular flexibility index (Phi) is 4.96. The second kappa shape index (κ2) is 7.70. The first-order valence-electron chi connectivity index (χ1n) is 9.12. The summed E-state index contributed by atoms with van der Waals surface area (Å²) in [5.41, 5.74) is 1.38. The average Bonchev–Trinajstić information content (AvgIpc) is 3.18. The summed E-state index contributed by atoms with van der Waals surface area (Å²) in [6.07, 6.45) is 6.64. The van der Waals surface area contributed by atoms with Gasteiger partial charge in [0.1, 0.15) is 23.3 Å². The quantitative estimate of drug-likeness (QED) is 0.696. The van der Waals surface area contributed by atoms with Crippen molar-refractivity contribution in [2.45, 2.75) is 31.7 Å². The number of amides is 1. The van der Waals surface area contributed by atoms with Gasteiger partial charge in [0.15, 0.2) is 0 Å². The topological polar surface area (TPSA) is 59.2 Å². The van der Waals surface area contributed by atoms with E-state index in [0.717, 1.165) is 24.8 Å². The van der Waals surface area contributed by atoms with Crippen molar-refractivity contribution in [2.75, 3.05) is 6.54 Å². The first kappa shape index (κ1) is 17.4. The van der Waals surface area contributed by atoms with Crippen molar-refractivity contribution in [3.63, 3.8) is 0 Å². The fourth-order valence-electron chi connectivity index (χ4n) is 3.43. The Labute approximate surface area is 156 Å². The van der Waals surface area contributed by atoms with Crippen LogP contribution in [0, 0.1) is 5.82 Å². The van der Waals surface area contributed by atoms with E-state index in [4.69, 9.17) is 4.42 Å². The van der Waals surface area contributed by atoms with Crippen LogP contribution < -0.4 is 0 Å². The van der Waals surface area contributed by atoms with E-state index in [2.05, 4.69) is 9.97 Å². The summed E-state index contributed by atoms with van der Waals surface area (Å²) in [6, 6.07) is 11.5. The number of halogens is 1. The molecule has 1 aromatic carbocycles. The summed E-state index contributed by atoms with van der Waals surface area (Å²) < 4.78 is 19.0. The van der Waals surface area contributed by atoms with Crippen molar-refractivity contribution < 1.29 is 13.6 Å². The maximum atomic E-state index is 13.1. The summed E-state index contributed by atoms with van der Waals surface area (Å²) in [7, 11) is 0. The van der Waals surface area contributed by atoms with Gasteiger partial charge in [-0.3, -0.25) is 9.78 Å². The van der Waals surface area contributed by atoms with E-state index in [1.165, 1.54) is 12.1 Å². The van der Waals surface area contributed by atoms with Gasteiger partial charge in [0.25, 0.3) is 5.91 Å². The van der Waals surface area contributed by atoms with Crippen LogP contribution in [0.2, 0.25) is 0 Å². The molecule has 1 aliphatic heterocycles. The molecule has 1 atom stereocenters. The number of carbonyl (C=O) groups is 1. The molecule has 3 heterocycles. The Hall–Kier alpha value is -3.02. The standard InChI is InChI=1S/C21H20FN3O2/c22-16-9-7-15(8-10-16)13-17-14-24-20(27-17)19-6-2-4-12-25(19)21(26)18-5-1-3-11-23-18/h1,3,5,7-11,14,19H,2,4,6,12-13H2/t19-/m1/s1. The van der Waals surface area contributed by atoms with Crippen molar-refractivity contribution in [1.29, 1.82) is 0 Å². The highest BCUT2D eigenvalue weighted by atomic mass is 19.1. The molecular formula is C21H20FN3O2. The molecule has 1 aliphatic rings. The number of oxazole rings is 1. The van der Waals surface area contributed by atoms with Gasteiger partial charge >= 0.3 is 0 Å². The molecule has 0 saturated carbocycles. The van der Waals surface area contributed by atoms with Crippen molar-refractivity contribution in [1.82, 2.24) is 14.9 Å². The molecule has 3 aromatic rings. The molecule has 1 amide bonds. The molecule has 6 heteroatoms. The number of hydrogen-bond acceptors (Lipinski definition) is 4. The molecule has 5 nitrogen and oxygen atoms in total. The lowest BCUT2D eigenvalue weighted by Crippen LogP contribution is -2.39. The summed E-state index contributed by atoms with van der Waals surface area (Å²) in [5.74, 6) is 0.894. The Morgan fingerprint density at radius 3 is 2.78 bits per heavy atom. The molecule has 0 N–H and O–H groups in total. The smallest absolute Gasteiger partial charge is 0.273 e. The van der Waals surface area contributed by atoms with Crippen molar-refractivity contribution >= 4 is 5.91 Å². The zero-order chi connectivity index (χ0) is 18.6. The second-order valence-electron chi connectivity index (χ2n) is 6.69. The van der Waals surface area contributed by atoms with Gasteiger partial charge in [-0.15, -0.1) is 0 Å². The molecule has 0 radical (unpaired) electrons. The SMILES string of the molecule is O=C(c1ccccn1)N1CCCC[C@@H]1c1ncc(Cc2ccc(F)cc2)o1. The van der Waals surface area contributed by atoms with E-state index >= 15 is 0 Å². The van der Waals surface area contributed by atoms with E-state index in [0.29, 0.717) is 30.3 Å². The Bertz CT molecular complexity index is 909. The lowest BCUT2D eigenvalue weighted by Gasteiger charge is -2.33. The molecule has 2 aromatic heterocycles. The van der Waals surface area contributed by atoms with E-state index in [1.807, 2.05) is 6.07 Å². The van der Waals surface area contributed by atoms with Crippen LogP contribution in [0.3, 0.4) is 0 Å². The van der Waals surface area contributed by atoms with Gasteiger partial charge in [0.05, 0.1) is 6.20 Å². The largest absolute Gasteiger partial charge is 0.443 e. The van der Waals surface area contributed by atoms with E-state index in [9.17, 15) is 9.18 Å². The average molecular weight is 365 g/mol. The van der Waals surface area contributed by atoms with Crippen LogP contribution in [0.15, 0.2) is 59.3 Å². The third-order valence-corrected chi connectivity index (χ3v) is 4.80. The van der Waals surface area contributed by atoms with Crippen LogP contribution in [0.4, 0.5) is 4.39 Å². The van der Waals surface area contributed by atoms with Crippen LogP contribution in [0.25, 0.3) is 0 Å². The first-order chi connectivity index (χ1) is 13.2. The molecule has 1 fully saturated rings. The van der Waals surface area contributed by atoms with Crippen molar-refractivity contribution in [3.05, 3.63) is 83.6 Å². The molecule has 0 spiro atoms. The lowest BCUT2D eigenvalue weighted by atomic mass is 10.0. The molecule has 27 heavy (non-hydrogen) atoms. The number of nitrogens with zero attached hydrogens (tertiary/aromatic N) is 3. The Balaban J connectivity index is 1.53. The number of rotatable bonds is 4. The number of likely N-dealkylation sites (tertiary alicyclic amines) is 1. The van der Waals surface area contributed by atoms with E-state index in [1.54, 1.807) is 41.6 Å². The highest BCUT2D eigenvalue weighted by molar-refractivity contribution is 5.92. The van der Waals surface area contributed by atoms with Crippen LogP contribution in [-0.4, -0.2) is 27.3 Å². The van der Waals surface area contributed by atoms with Gasteiger partial charge < -0.3 is 9.32 Å². The number of aromatic nitrogens is 2. The van der Waals surface area contributed by atoms with Crippen LogP contribution in [0.1, 0.15) is 53.0 Å². The van der Waals surface area contributed by atoms with Gasteiger partial charge in [-0.05, 0) is 49.1 Å². The maximum Gasteiger partial charge on any atom is 0.273 e. The Morgan fingerprint density at radius 1 is 1.15 bits per heavy atom. The highest BCUT2D eigenvalue weighted by Crippen LogP contribution is 2.32. The number of hydrogen-bond donors (Lipinski definition) is 0. The molecule has 0 bridgehead atoms. The molecule has 4 rings (SSSR count). The van der Waals surface area contributed by atoms with E-state index < -0.39 is 0 Å². The number of benzene rings is 1. The van der Waals surface area contributed by atoms with Gasteiger partial charge in [-0.1, -0.05) is 18.2 Å². The van der Waals surface area contributed by atoms with Crippen LogP contribution >= 0.6 is 0 Å². The summed E-state index contributed by atoms with van der Waals surface area (Å²) >= 11 is 0. The van der Waals surface area contributed by atoms with Crippen LogP contribution in [0.5, 0.6) is 0 Å². The zero-order valence-corrected chi connectivity index (χ0v) is 14.8.